The van der Waals surface area contributed by atoms with Gasteiger partial charge in [-0.25, -0.2) is 14.7 Å². The maximum absolute atomic E-state index is 12.2. The molecule has 0 saturated carbocycles. The first-order valence-corrected chi connectivity index (χ1v) is 9.45. The van der Waals surface area contributed by atoms with Crippen LogP contribution in [-0.2, 0) is 17.9 Å². The fraction of sp³-hybridized carbons (Fsp3) is 0.474. The van der Waals surface area contributed by atoms with Crippen LogP contribution < -0.4 is 10.6 Å². The molecular weight excluding hydrogens is 469 g/mol. The van der Waals surface area contributed by atoms with Crippen molar-refractivity contribution >= 4 is 35.8 Å². The Kier molecular flexibility index (Phi) is 9.18. The van der Waals surface area contributed by atoms with Crippen molar-refractivity contribution in [2.24, 2.45) is 4.99 Å². The second kappa shape index (κ2) is 11.6. The molecule has 0 spiro atoms. The maximum atomic E-state index is 12.2. The second-order valence-electron chi connectivity index (χ2n) is 6.55. The minimum atomic E-state index is 0. The Bertz CT molecular complexity index is 757. The fourth-order valence-corrected chi connectivity index (χ4v) is 3.08. The molecule has 1 saturated heterocycles. The first-order valence-electron chi connectivity index (χ1n) is 9.45. The van der Waals surface area contributed by atoms with Crippen molar-refractivity contribution < 1.29 is 4.79 Å². The summed E-state index contributed by atoms with van der Waals surface area (Å²) < 4.78 is 1.79. The van der Waals surface area contributed by atoms with Crippen LogP contribution in [0.25, 0.3) is 0 Å². The van der Waals surface area contributed by atoms with Gasteiger partial charge in [-0.1, -0.05) is 24.3 Å². The van der Waals surface area contributed by atoms with Gasteiger partial charge >= 0.3 is 0 Å². The molecule has 1 aliphatic rings. The third-order valence-corrected chi connectivity index (χ3v) is 4.43. The SMILES string of the molecule is CCNC(=NCc1cccc(Cn2cncn2)c1)NCC(=O)N1CCCC1.I. The largest absolute Gasteiger partial charge is 0.357 e. The van der Waals surface area contributed by atoms with E-state index in [4.69, 9.17) is 0 Å². The van der Waals surface area contributed by atoms with Crippen LogP contribution in [0, 0.1) is 0 Å². The van der Waals surface area contributed by atoms with Crippen LogP contribution in [0.5, 0.6) is 0 Å². The third kappa shape index (κ3) is 6.77. The molecule has 0 radical (unpaired) electrons. The van der Waals surface area contributed by atoms with Gasteiger partial charge in [0.1, 0.15) is 12.7 Å². The summed E-state index contributed by atoms with van der Waals surface area (Å²) in [4.78, 5) is 22.7. The molecule has 3 rings (SSSR count). The highest BCUT2D eigenvalue weighted by Crippen LogP contribution is 2.08. The van der Waals surface area contributed by atoms with E-state index in [9.17, 15) is 4.79 Å². The second-order valence-corrected chi connectivity index (χ2v) is 6.55. The number of benzene rings is 1. The number of amides is 1. The van der Waals surface area contributed by atoms with Gasteiger partial charge in [0.05, 0.1) is 19.6 Å². The van der Waals surface area contributed by atoms with E-state index in [1.54, 1.807) is 11.0 Å². The number of nitrogens with one attached hydrogen (secondary N) is 2. The van der Waals surface area contributed by atoms with Crippen LogP contribution >= 0.6 is 24.0 Å². The molecule has 152 valence electrons. The van der Waals surface area contributed by atoms with E-state index in [-0.39, 0.29) is 36.4 Å². The lowest BCUT2D eigenvalue weighted by Gasteiger charge is -2.17. The summed E-state index contributed by atoms with van der Waals surface area (Å²) in [5, 5.41) is 10.5. The van der Waals surface area contributed by atoms with E-state index in [0.717, 1.165) is 43.6 Å². The summed E-state index contributed by atoms with van der Waals surface area (Å²) in [5.74, 6) is 0.791. The molecular formula is C19H28IN7O. The Morgan fingerprint density at radius 2 is 2.00 bits per heavy atom. The van der Waals surface area contributed by atoms with E-state index in [0.29, 0.717) is 19.0 Å². The van der Waals surface area contributed by atoms with Crippen molar-refractivity contribution in [1.29, 1.82) is 0 Å². The summed E-state index contributed by atoms with van der Waals surface area (Å²) in [6.45, 7) is 5.99. The highest BCUT2D eigenvalue weighted by Gasteiger charge is 2.17. The first kappa shape index (κ1) is 22.1. The monoisotopic (exact) mass is 497 g/mol. The van der Waals surface area contributed by atoms with Crippen LogP contribution in [0.1, 0.15) is 30.9 Å². The number of guanidine groups is 1. The van der Waals surface area contributed by atoms with Crippen molar-refractivity contribution in [3.05, 3.63) is 48.0 Å². The van der Waals surface area contributed by atoms with Crippen molar-refractivity contribution in [3.8, 4) is 0 Å². The summed E-state index contributed by atoms with van der Waals surface area (Å²) >= 11 is 0. The van der Waals surface area contributed by atoms with Crippen molar-refractivity contribution in [1.82, 2.24) is 30.3 Å². The molecule has 1 aromatic heterocycles. The highest BCUT2D eigenvalue weighted by molar-refractivity contribution is 14.0. The molecule has 0 atom stereocenters. The summed E-state index contributed by atoms with van der Waals surface area (Å²) in [6.07, 6.45) is 5.44. The Balaban J connectivity index is 0.00000280. The fourth-order valence-electron chi connectivity index (χ4n) is 3.08. The number of hydrogen-bond acceptors (Lipinski definition) is 4. The Hall–Kier alpha value is -2.17. The standard InChI is InChI=1S/C19H27N7O.HI/c1-2-21-19(23-12-18(27)25-8-3-4-9-25)22-11-16-6-5-7-17(10-16)13-26-15-20-14-24-26;/h5-7,10,14-15H,2-4,8-9,11-13H2,1H3,(H2,21,22,23);1H. The zero-order valence-corrected chi connectivity index (χ0v) is 18.5. The predicted molar refractivity (Wildman–Crippen MR) is 120 cm³/mol. The Morgan fingerprint density at radius 1 is 1.21 bits per heavy atom. The van der Waals surface area contributed by atoms with E-state index in [2.05, 4.69) is 37.8 Å². The van der Waals surface area contributed by atoms with Gasteiger partial charge in [-0.3, -0.25) is 4.79 Å². The van der Waals surface area contributed by atoms with Crippen LogP contribution in [-0.4, -0.2) is 57.7 Å². The average Bonchev–Trinajstić information content (AvgIpc) is 3.38. The molecule has 2 heterocycles. The number of aliphatic imine (C=N–C) groups is 1. The zero-order chi connectivity index (χ0) is 18.9. The Morgan fingerprint density at radius 3 is 2.71 bits per heavy atom. The van der Waals surface area contributed by atoms with Gasteiger partial charge in [-0.2, -0.15) is 5.10 Å². The van der Waals surface area contributed by atoms with Crippen LogP contribution in [0.15, 0.2) is 41.9 Å². The summed E-state index contributed by atoms with van der Waals surface area (Å²) in [7, 11) is 0. The van der Waals surface area contributed by atoms with Gasteiger partial charge in [-0.05, 0) is 30.9 Å². The molecule has 1 aromatic carbocycles. The van der Waals surface area contributed by atoms with E-state index < -0.39 is 0 Å². The van der Waals surface area contributed by atoms with Crippen molar-refractivity contribution in [2.75, 3.05) is 26.2 Å². The lowest BCUT2D eigenvalue weighted by molar-refractivity contribution is -0.128. The van der Waals surface area contributed by atoms with Crippen LogP contribution in [0.3, 0.4) is 0 Å². The van der Waals surface area contributed by atoms with Gasteiger partial charge in [0.15, 0.2) is 5.96 Å². The molecule has 2 aromatic rings. The quantitative estimate of drug-likeness (QED) is 0.345. The molecule has 1 aliphatic heterocycles. The van der Waals surface area contributed by atoms with Crippen LogP contribution in [0.2, 0.25) is 0 Å². The third-order valence-electron chi connectivity index (χ3n) is 4.43. The normalized spacial score (nSPS) is 13.9. The molecule has 1 amide bonds. The summed E-state index contributed by atoms with van der Waals surface area (Å²) in [6, 6.07) is 8.25. The number of carbonyl (C=O) groups excluding carboxylic acids is 1. The van der Waals surface area contributed by atoms with Crippen molar-refractivity contribution in [2.45, 2.75) is 32.9 Å². The van der Waals surface area contributed by atoms with Gasteiger partial charge in [0, 0.05) is 19.6 Å². The first-order chi connectivity index (χ1) is 13.2. The van der Waals surface area contributed by atoms with Crippen LogP contribution in [0.4, 0.5) is 0 Å². The lowest BCUT2D eigenvalue weighted by atomic mass is 10.1. The predicted octanol–water partition coefficient (Wildman–Crippen LogP) is 1.62. The lowest BCUT2D eigenvalue weighted by Crippen LogP contribution is -2.44. The average molecular weight is 497 g/mol. The van der Waals surface area contributed by atoms with Gasteiger partial charge in [0.25, 0.3) is 0 Å². The topological polar surface area (TPSA) is 87.4 Å². The number of rotatable bonds is 7. The number of carbonyl (C=O) groups is 1. The highest BCUT2D eigenvalue weighted by atomic mass is 127. The van der Waals surface area contributed by atoms with Gasteiger partial charge < -0.3 is 15.5 Å². The Labute approximate surface area is 182 Å². The molecule has 2 N–H and O–H groups in total. The minimum absolute atomic E-state index is 0. The van der Waals surface area contributed by atoms with E-state index in [1.807, 2.05) is 24.0 Å². The molecule has 0 bridgehead atoms. The van der Waals surface area contributed by atoms with E-state index >= 15 is 0 Å². The molecule has 1 fully saturated rings. The van der Waals surface area contributed by atoms with E-state index in [1.165, 1.54) is 6.33 Å². The summed E-state index contributed by atoms with van der Waals surface area (Å²) in [5.41, 5.74) is 2.26. The minimum Gasteiger partial charge on any atom is -0.357 e. The maximum Gasteiger partial charge on any atom is 0.241 e. The van der Waals surface area contributed by atoms with Crippen molar-refractivity contribution in [3.63, 3.8) is 0 Å². The number of aromatic nitrogens is 3. The smallest absolute Gasteiger partial charge is 0.241 e. The number of nitrogens with zero attached hydrogens (tertiary/aromatic N) is 5. The number of hydrogen-bond donors (Lipinski definition) is 2. The molecule has 28 heavy (non-hydrogen) atoms. The number of likely N-dealkylation sites (tertiary alicyclic amines) is 1. The molecule has 0 unspecified atom stereocenters. The zero-order valence-electron chi connectivity index (χ0n) is 16.2. The van der Waals surface area contributed by atoms with Gasteiger partial charge in [-0.15, -0.1) is 24.0 Å². The molecule has 9 heteroatoms. The van der Waals surface area contributed by atoms with Gasteiger partial charge in [0.2, 0.25) is 5.91 Å². The molecule has 0 aliphatic carbocycles. The number of halogens is 1. The molecule has 8 nitrogen and oxygen atoms in total.